The minimum Gasteiger partial charge on any atom is -0.489 e. The number of nitrogens with zero attached hydrogens (tertiary/aromatic N) is 1. The van der Waals surface area contributed by atoms with Crippen LogP contribution in [0.1, 0.15) is 30.9 Å². The summed E-state index contributed by atoms with van der Waals surface area (Å²) < 4.78 is 10.8. The summed E-state index contributed by atoms with van der Waals surface area (Å²) in [7, 11) is 0. The molecule has 168 valence electrons. The molecule has 2 aromatic rings. The monoisotopic (exact) mass is 493 g/mol. The van der Waals surface area contributed by atoms with Crippen molar-refractivity contribution in [3.05, 3.63) is 68.5 Å². The van der Waals surface area contributed by atoms with Gasteiger partial charge < -0.3 is 9.47 Å². The number of imide groups is 1. The van der Waals surface area contributed by atoms with Gasteiger partial charge >= 0.3 is 5.97 Å². The summed E-state index contributed by atoms with van der Waals surface area (Å²) in [5.41, 5.74) is 1.47. The van der Waals surface area contributed by atoms with Crippen molar-refractivity contribution in [1.82, 2.24) is 4.90 Å². The molecule has 0 N–H and O–H groups in total. The molecule has 0 saturated carbocycles. The van der Waals surface area contributed by atoms with E-state index in [0.29, 0.717) is 21.4 Å². The van der Waals surface area contributed by atoms with Gasteiger partial charge in [0.15, 0.2) is 0 Å². The molecule has 1 fully saturated rings. The number of carbonyl (C=O) groups excluding carboxylic acids is 3. The van der Waals surface area contributed by atoms with Crippen LogP contribution in [0, 0.1) is 0 Å². The Balaban J connectivity index is 1.64. The molecule has 0 aromatic heterocycles. The van der Waals surface area contributed by atoms with Gasteiger partial charge in [0.2, 0.25) is 0 Å². The lowest BCUT2D eigenvalue weighted by atomic mass is 10.2. The zero-order chi connectivity index (χ0) is 23.1. The highest BCUT2D eigenvalue weighted by atomic mass is 35.5. The van der Waals surface area contributed by atoms with Gasteiger partial charge in [0.25, 0.3) is 11.1 Å². The first-order chi connectivity index (χ1) is 15.4. The second-order valence-electron chi connectivity index (χ2n) is 6.94. The van der Waals surface area contributed by atoms with Crippen molar-refractivity contribution < 1.29 is 23.9 Å². The van der Waals surface area contributed by atoms with Gasteiger partial charge in [-0.1, -0.05) is 54.7 Å². The largest absolute Gasteiger partial charge is 0.489 e. The Morgan fingerprint density at radius 2 is 1.97 bits per heavy atom. The minimum absolute atomic E-state index is 0.231. The van der Waals surface area contributed by atoms with Crippen LogP contribution < -0.4 is 4.74 Å². The van der Waals surface area contributed by atoms with E-state index >= 15 is 0 Å². The van der Waals surface area contributed by atoms with Crippen LogP contribution in [0.15, 0.2) is 47.4 Å². The molecule has 1 saturated heterocycles. The number of hydrogen-bond donors (Lipinski definition) is 0. The molecule has 2 aromatic carbocycles. The average Bonchev–Trinajstić information content (AvgIpc) is 3.01. The highest BCUT2D eigenvalue weighted by Gasteiger charge is 2.36. The van der Waals surface area contributed by atoms with E-state index in [1.165, 1.54) is 0 Å². The molecule has 0 spiro atoms. The highest BCUT2D eigenvalue weighted by Crippen LogP contribution is 2.32. The van der Waals surface area contributed by atoms with E-state index < -0.39 is 23.7 Å². The Hall–Kier alpha value is -2.48. The first-order valence-electron chi connectivity index (χ1n) is 9.95. The first-order valence-corrected chi connectivity index (χ1v) is 11.5. The van der Waals surface area contributed by atoms with Gasteiger partial charge in [-0.05, 0) is 54.1 Å². The number of thioether (sulfide) groups is 1. The molecule has 1 aliphatic rings. The Kier molecular flexibility index (Phi) is 8.61. The van der Waals surface area contributed by atoms with Crippen molar-refractivity contribution in [3.8, 4) is 5.75 Å². The number of carbonyl (C=O) groups is 3. The van der Waals surface area contributed by atoms with Gasteiger partial charge in [-0.2, -0.15) is 0 Å². The number of unbranched alkanes of at least 4 members (excludes halogenated alkanes) is 1. The van der Waals surface area contributed by atoms with Gasteiger partial charge in [0.05, 0.1) is 11.5 Å². The molecule has 3 rings (SSSR count). The molecular weight excluding hydrogens is 473 g/mol. The lowest BCUT2D eigenvalue weighted by Crippen LogP contribution is -2.34. The number of hydrogen-bond acceptors (Lipinski definition) is 6. The van der Waals surface area contributed by atoms with E-state index in [-0.39, 0.29) is 18.1 Å². The molecule has 1 aliphatic heterocycles. The summed E-state index contributed by atoms with van der Waals surface area (Å²) in [6.45, 7) is 2.10. The van der Waals surface area contributed by atoms with Crippen molar-refractivity contribution in [2.75, 3.05) is 13.2 Å². The van der Waals surface area contributed by atoms with E-state index in [1.54, 1.807) is 48.5 Å². The van der Waals surface area contributed by atoms with Crippen molar-refractivity contribution in [1.29, 1.82) is 0 Å². The van der Waals surface area contributed by atoms with Gasteiger partial charge in [-0.3, -0.25) is 19.3 Å². The molecule has 0 radical (unpaired) electrons. The molecule has 9 heteroatoms. The van der Waals surface area contributed by atoms with E-state index in [4.69, 9.17) is 32.7 Å². The lowest BCUT2D eigenvalue weighted by molar-refractivity contribution is -0.146. The van der Waals surface area contributed by atoms with Gasteiger partial charge in [-0.25, -0.2) is 0 Å². The van der Waals surface area contributed by atoms with Crippen LogP contribution >= 0.6 is 35.0 Å². The number of amides is 2. The van der Waals surface area contributed by atoms with Crippen LogP contribution in [0.4, 0.5) is 4.79 Å². The second-order valence-corrected chi connectivity index (χ2v) is 8.78. The number of ether oxygens (including phenoxy) is 2. The predicted octanol–water partition coefficient (Wildman–Crippen LogP) is 5.95. The Bertz CT molecular complexity index is 1060. The van der Waals surface area contributed by atoms with Crippen molar-refractivity contribution >= 4 is 58.2 Å². The van der Waals surface area contributed by atoms with E-state index in [1.807, 2.05) is 6.92 Å². The second kappa shape index (κ2) is 11.4. The Morgan fingerprint density at radius 3 is 2.72 bits per heavy atom. The van der Waals surface area contributed by atoms with Gasteiger partial charge in [0.1, 0.15) is 18.9 Å². The third kappa shape index (κ3) is 6.51. The summed E-state index contributed by atoms with van der Waals surface area (Å²) in [6.07, 6.45) is 3.21. The van der Waals surface area contributed by atoms with Crippen LogP contribution in [-0.2, 0) is 20.9 Å². The maximum atomic E-state index is 12.6. The molecule has 0 unspecified atom stereocenters. The zero-order valence-corrected chi connectivity index (χ0v) is 19.6. The number of halogens is 2. The maximum Gasteiger partial charge on any atom is 0.326 e. The van der Waals surface area contributed by atoms with Crippen LogP contribution in [-0.4, -0.2) is 35.2 Å². The average molecular weight is 494 g/mol. The molecule has 0 bridgehead atoms. The SMILES string of the molecule is CCCCOC(=O)CN1C(=O)S/C(=C/c2cccc(OCc3ccc(Cl)cc3Cl)c2)C1=O. The van der Waals surface area contributed by atoms with E-state index in [2.05, 4.69) is 0 Å². The smallest absolute Gasteiger partial charge is 0.326 e. The quantitative estimate of drug-likeness (QED) is 0.244. The molecule has 1 heterocycles. The number of esters is 1. The number of rotatable bonds is 9. The lowest BCUT2D eigenvalue weighted by Gasteiger charge is -2.11. The zero-order valence-electron chi connectivity index (χ0n) is 17.3. The van der Waals surface area contributed by atoms with Crippen LogP contribution in [0.3, 0.4) is 0 Å². The normalized spacial score (nSPS) is 14.8. The first kappa shape index (κ1) is 24.2. The molecule has 2 amide bonds. The summed E-state index contributed by atoms with van der Waals surface area (Å²) in [5.74, 6) is -0.548. The van der Waals surface area contributed by atoms with Crippen molar-refractivity contribution in [3.63, 3.8) is 0 Å². The van der Waals surface area contributed by atoms with E-state index in [0.717, 1.165) is 35.1 Å². The Morgan fingerprint density at radius 1 is 1.16 bits per heavy atom. The van der Waals surface area contributed by atoms with Crippen molar-refractivity contribution in [2.24, 2.45) is 0 Å². The fourth-order valence-electron chi connectivity index (χ4n) is 2.79. The minimum atomic E-state index is -0.599. The predicted molar refractivity (Wildman–Crippen MR) is 126 cm³/mol. The molecular formula is C23H21Cl2NO5S. The summed E-state index contributed by atoms with van der Waals surface area (Å²) in [4.78, 5) is 37.8. The number of benzene rings is 2. The van der Waals surface area contributed by atoms with E-state index in [9.17, 15) is 14.4 Å². The highest BCUT2D eigenvalue weighted by molar-refractivity contribution is 8.18. The Labute approximate surface area is 200 Å². The molecule has 6 nitrogen and oxygen atoms in total. The molecule has 0 atom stereocenters. The fraction of sp³-hybridized carbons (Fsp3) is 0.261. The standard InChI is InChI=1S/C23H21Cl2NO5S/c1-2-3-9-30-21(27)13-26-22(28)20(32-23(26)29)11-15-5-4-6-18(10-15)31-14-16-7-8-17(24)12-19(16)25/h4-8,10-12H,2-3,9,13-14H2,1H3/b20-11+. The summed E-state index contributed by atoms with van der Waals surface area (Å²) in [5, 5.41) is 0.554. The summed E-state index contributed by atoms with van der Waals surface area (Å²) in [6, 6.07) is 12.3. The molecule has 32 heavy (non-hydrogen) atoms. The maximum absolute atomic E-state index is 12.6. The fourth-order valence-corrected chi connectivity index (χ4v) is 4.09. The van der Waals surface area contributed by atoms with Crippen LogP contribution in [0.2, 0.25) is 10.0 Å². The van der Waals surface area contributed by atoms with Crippen LogP contribution in [0.5, 0.6) is 5.75 Å². The van der Waals surface area contributed by atoms with Crippen LogP contribution in [0.25, 0.3) is 6.08 Å². The molecule has 0 aliphatic carbocycles. The van der Waals surface area contributed by atoms with Crippen molar-refractivity contribution in [2.45, 2.75) is 26.4 Å². The topological polar surface area (TPSA) is 72.9 Å². The third-order valence-electron chi connectivity index (χ3n) is 4.49. The van der Waals surface area contributed by atoms with Gasteiger partial charge in [-0.15, -0.1) is 0 Å². The third-order valence-corrected chi connectivity index (χ3v) is 5.98. The summed E-state index contributed by atoms with van der Waals surface area (Å²) >= 11 is 12.9. The van der Waals surface area contributed by atoms with Gasteiger partial charge in [0, 0.05) is 15.6 Å².